The highest BCUT2D eigenvalue weighted by Crippen LogP contribution is 1.92. The zero-order valence-electron chi connectivity index (χ0n) is 8.66. The van der Waals surface area contributed by atoms with E-state index in [1.54, 1.807) is 13.3 Å². The lowest BCUT2D eigenvalue weighted by molar-refractivity contribution is -0.139. The second kappa shape index (κ2) is 9.67. The van der Waals surface area contributed by atoms with Crippen molar-refractivity contribution in [2.75, 3.05) is 19.1 Å². The molecule has 0 fully saturated rings. The van der Waals surface area contributed by atoms with E-state index in [2.05, 4.69) is 5.32 Å². The lowest BCUT2D eigenvalue weighted by Gasteiger charge is -2.08. The molecular formula is C8H19NO3S. The Kier molecular flexibility index (Phi) is 11.2. The Balaban J connectivity index is 0. The van der Waals surface area contributed by atoms with Crippen LogP contribution < -0.4 is 5.32 Å². The Bertz CT molecular complexity index is 161. The molecule has 0 rings (SSSR count). The fraction of sp³-hybridized carbons (Fsp3) is 0.875. The molecule has 0 saturated heterocycles. The van der Waals surface area contributed by atoms with Crippen molar-refractivity contribution in [2.24, 2.45) is 0 Å². The van der Waals surface area contributed by atoms with Crippen molar-refractivity contribution < 1.29 is 14.1 Å². The van der Waals surface area contributed by atoms with E-state index in [1.807, 2.05) is 13.8 Å². The van der Waals surface area contributed by atoms with Crippen LogP contribution in [0.1, 0.15) is 20.3 Å². The fourth-order valence-corrected chi connectivity index (χ4v) is 1.24. The fourth-order valence-electron chi connectivity index (χ4n) is 0.675. The summed E-state index contributed by atoms with van der Waals surface area (Å²) in [6, 6.07) is -0.570. The van der Waals surface area contributed by atoms with Gasteiger partial charge in [-0.3, -0.25) is 9.00 Å². The molecule has 0 heterocycles. The SMILES string of the molecule is CC.CNC(CCS(C)=O)C(=O)O. The highest BCUT2D eigenvalue weighted by Gasteiger charge is 2.14. The quantitative estimate of drug-likeness (QED) is 0.690. The molecule has 4 nitrogen and oxygen atoms in total. The summed E-state index contributed by atoms with van der Waals surface area (Å²) in [6.07, 6.45) is 1.98. The Morgan fingerprint density at radius 1 is 1.54 bits per heavy atom. The van der Waals surface area contributed by atoms with Crippen LogP contribution in [0.3, 0.4) is 0 Å². The first kappa shape index (κ1) is 15.1. The van der Waals surface area contributed by atoms with Crippen molar-refractivity contribution in [1.82, 2.24) is 5.32 Å². The normalized spacial score (nSPS) is 13.8. The Labute approximate surface area is 82.2 Å². The number of carboxylic acids is 1. The van der Waals surface area contributed by atoms with E-state index < -0.39 is 22.8 Å². The molecule has 0 aromatic heterocycles. The Hall–Kier alpha value is -0.420. The molecule has 0 aliphatic rings. The zero-order valence-corrected chi connectivity index (χ0v) is 9.48. The number of rotatable bonds is 5. The molecule has 5 heteroatoms. The van der Waals surface area contributed by atoms with E-state index in [-0.39, 0.29) is 0 Å². The van der Waals surface area contributed by atoms with Crippen LogP contribution in [0, 0.1) is 0 Å². The van der Waals surface area contributed by atoms with Gasteiger partial charge >= 0.3 is 5.97 Å². The number of hydrogen-bond donors (Lipinski definition) is 2. The highest BCUT2D eigenvalue weighted by atomic mass is 32.2. The van der Waals surface area contributed by atoms with Gasteiger partial charge in [-0.25, -0.2) is 0 Å². The summed E-state index contributed by atoms with van der Waals surface area (Å²) in [7, 11) is 0.673. The maximum atomic E-state index is 10.6. The number of carboxylic acid groups (broad SMARTS) is 1. The van der Waals surface area contributed by atoms with Crippen LogP contribution in [-0.4, -0.2) is 40.4 Å². The Morgan fingerprint density at radius 3 is 2.23 bits per heavy atom. The highest BCUT2D eigenvalue weighted by molar-refractivity contribution is 7.84. The number of hydrogen-bond acceptors (Lipinski definition) is 3. The van der Waals surface area contributed by atoms with Crippen molar-refractivity contribution in [3.63, 3.8) is 0 Å². The van der Waals surface area contributed by atoms with Crippen LogP contribution in [0.5, 0.6) is 0 Å². The third-order valence-corrected chi connectivity index (χ3v) is 2.15. The second-order valence-electron chi connectivity index (χ2n) is 2.25. The molecule has 0 aliphatic heterocycles. The van der Waals surface area contributed by atoms with Gasteiger partial charge in [-0.2, -0.15) is 0 Å². The topological polar surface area (TPSA) is 66.4 Å². The van der Waals surface area contributed by atoms with Gasteiger partial charge < -0.3 is 10.4 Å². The number of carbonyl (C=O) groups is 1. The molecule has 2 N–H and O–H groups in total. The van der Waals surface area contributed by atoms with Crippen LogP contribution in [0.15, 0.2) is 0 Å². The van der Waals surface area contributed by atoms with E-state index >= 15 is 0 Å². The van der Waals surface area contributed by atoms with Crippen LogP contribution >= 0.6 is 0 Å². The van der Waals surface area contributed by atoms with E-state index in [0.29, 0.717) is 12.2 Å². The molecule has 0 spiro atoms. The summed E-state index contributed by atoms with van der Waals surface area (Å²) in [5, 5.41) is 11.1. The van der Waals surface area contributed by atoms with E-state index in [4.69, 9.17) is 5.11 Å². The standard InChI is InChI=1S/C6H13NO3S.C2H6/c1-7-5(6(8)9)3-4-11(2)10;1-2/h5,7H,3-4H2,1-2H3,(H,8,9);1-2H3. The predicted molar refractivity (Wildman–Crippen MR) is 55.4 cm³/mol. The predicted octanol–water partition coefficient (Wildman–Crippen LogP) is 0.454. The summed E-state index contributed by atoms with van der Waals surface area (Å²) in [5.41, 5.74) is 0. The van der Waals surface area contributed by atoms with Gasteiger partial charge in [0.2, 0.25) is 0 Å². The number of aliphatic carboxylic acids is 1. The molecule has 0 aliphatic carbocycles. The molecule has 0 aromatic carbocycles. The van der Waals surface area contributed by atoms with Gasteiger partial charge in [0.1, 0.15) is 6.04 Å². The van der Waals surface area contributed by atoms with Crippen molar-refractivity contribution in [2.45, 2.75) is 26.3 Å². The summed E-state index contributed by atoms with van der Waals surface area (Å²) >= 11 is 0. The van der Waals surface area contributed by atoms with Crippen LogP contribution in [0.2, 0.25) is 0 Å². The van der Waals surface area contributed by atoms with Crippen molar-refractivity contribution in [1.29, 1.82) is 0 Å². The maximum absolute atomic E-state index is 10.6. The van der Waals surface area contributed by atoms with Gasteiger partial charge in [0.05, 0.1) is 0 Å². The minimum Gasteiger partial charge on any atom is -0.480 e. The molecule has 80 valence electrons. The van der Waals surface area contributed by atoms with Gasteiger partial charge in [-0.1, -0.05) is 13.8 Å². The second-order valence-corrected chi connectivity index (χ2v) is 3.80. The molecule has 2 atom stereocenters. The van der Waals surface area contributed by atoms with Crippen molar-refractivity contribution >= 4 is 16.8 Å². The van der Waals surface area contributed by atoms with Crippen LogP contribution in [0.4, 0.5) is 0 Å². The molecule has 0 aromatic rings. The van der Waals surface area contributed by atoms with Crippen molar-refractivity contribution in [3.05, 3.63) is 0 Å². The first-order valence-corrected chi connectivity index (χ1v) is 6.00. The zero-order chi connectivity index (χ0) is 10.9. The summed E-state index contributed by atoms with van der Waals surface area (Å²) in [6.45, 7) is 4.00. The molecule has 0 bridgehead atoms. The maximum Gasteiger partial charge on any atom is 0.320 e. The van der Waals surface area contributed by atoms with Gasteiger partial charge in [0.15, 0.2) is 0 Å². The lowest BCUT2D eigenvalue weighted by atomic mass is 10.2. The van der Waals surface area contributed by atoms with Gasteiger partial charge in [-0.05, 0) is 13.5 Å². The monoisotopic (exact) mass is 209 g/mol. The van der Waals surface area contributed by atoms with E-state index in [9.17, 15) is 9.00 Å². The molecule has 0 radical (unpaired) electrons. The van der Waals surface area contributed by atoms with Crippen molar-refractivity contribution in [3.8, 4) is 0 Å². The summed E-state index contributed by atoms with van der Waals surface area (Å²) in [4.78, 5) is 10.4. The Morgan fingerprint density at radius 2 is 2.00 bits per heavy atom. The third-order valence-electron chi connectivity index (χ3n) is 1.34. The first-order chi connectivity index (χ1) is 6.07. The average Bonchev–Trinajstić information content (AvgIpc) is 2.08. The van der Waals surface area contributed by atoms with E-state index in [1.165, 1.54) is 0 Å². The van der Waals surface area contributed by atoms with Crippen LogP contribution in [-0.2, 0) is 15.6 Å². The van der Waals surface area contributed by atoms with E-state index in [0.717, 1.165) is 0 Å². The van der Waals surface area contributed by atoms with Gasteiger partial charge in [0, 0.05) is 22.8 Å². The van der Waals surface area contributed by atoms with Gasteiger partial charge in [-0.15, -0.1) is 0 Å². The van der Waals surface area contributed by atoms with Crippen LogP contribution in [0.25, 0.3) is 0 Å². The molecule has 13 heavy (non-hydrogen) atoms. The molecule has 0 amide bonds. The number of nitrogens with one attached hydrogen (secondary N) is 1. The van der Waals surface area contributed by atoms with Gasteiger partial charge in [0.25, 0.3) is 0 Å². The molecule has 2 unspecified atom stereocenters. The average molecular weight is 209 g/mol. The minimum absolute atomic E-state index is 0.412. The summed E-state index contributed by atoms with van der Waals surface area (Å²) in [5.74, 6) is -0.462. The molecular weight excluding hydrogens is 190 g/mol. The largest absolute Gasteiger partial charge is 0.480 e. The summed E-state index contributed by atoms with van der Waals surface area (Å²) < 4.78 is 10.6. The first-order valence-electron chi connectivity index (χ1n) is 4.28. The molecule has 0 saturated carbocycles. The smallest absolute Gasteiger partial charge is 0.320 e. The third kappa shape index (κ3) is 9.49. The minimum atomic E-state index is -0.908. The number of likely N-dealkylation sites (N-methyl/N-ethyl adjacent to an activating group) is 1. The lowest BCUT2D eigenvalue weighted by Crippen LogP contribution is -2.34.